The van der Waals surface area contributed by atoms with Crippen molar-refractivity contribution in [2.45, 2.75) is 72.0 Å². The van der Waals surface area contributed by atoms with E-state index in [-0.39, 0.29) is 48.8 Å². The van der Waals surface area contributed by atoms with E-state index < -0.39 is 17.4 Å². The Morgan fingerprint density at radius 1 is 1.06 bits per heavy atom. The highest BCUT2D eigenvalue weighted by atomic mass is 16.4. The zero-order valence-electron chi connectivity index (χ0n) is 23.1. The van der Waals surface area contributed by atoms with E-state index in [0.717, 1.165) is 25.8 Å². The molecule has 0 radical (unpaired) electrons. The van der Waals surface area contributed by atoms with E-state index in [4.69, 9.17) is 5.11 Å². The number of nitrogens with zero attached hydrogens (tertiary/aromatic N) is 4. The molecule has 10 nitrogen and oxygen atoms in total. The average Bonchev–Trinajstić information content (AvgIpc) is 2.73. The number of likely N-dealkylation sites (N-methyl/N-ethyl adjacent to an activating group) is 4. The molecule has 2 N–H and O–H groups in total. The highest BCUT2D eigenvalue weighted by Gasteiger charge is 2.39. The lowest BCUT2D eigenvalue weighted by molar-refractivity contribution is -0.144. The van der Waals surface area contributed by atoms with E-state index in [1.54, 1.807) is 23.9 Å². The predicted octanol–water partition coefficient (Wildman–Crippen LogP) is 0.959. The van der Waals surface area contributed by atoms with E-state index in [1.807, 2.05) is 41.7 Å². The average molecular weight is 498 g/mol. The second-order valence-corrected chi connectivity index (χ2v) is 11.4. The molecule has 3 unspecified atom stereocenters. The molecule has 3 amide bonds. The molecule has 3 atom stereocenters. The van der Waals surface area contributed by atoms with E-state index in [2.05, 4.69) is 10.2 Å². The highest BCUT2D eigenvalue weighted by molar-refractivity contribution is 5.90. The number of hydrogen-bond acceptors (Lipinski definition) is 6. The van der Waals surface area contributed by atoms with Gasteiger partial charge in [-0.15, -0.1) is 0 Å². The van der Waals surface area contributed by atoms with Crippen LogP contribution >= 0.6 is 0 Å². The Bertz CT molecular complexity index is 751. The van der Waals surface area contributed by atoms with Gasteiger partial charge in [-0.05, 0) is 44.8 Å². The van der Waals surface area contributed by atoms with Gasteiger partial charge in [0, 0.05) is 26.7 Å². The van der Waals surface area contributed by atoms with Crippen LogP contribution in [0.2, 0.25) is 0 Å². The van der Waals surface area contributed by atoms with Crippen molar-refractivity contribution in [3.63, 3.8) is 0 Å². The van der Waals surface area contributed by atoms with Crippen molar-refractivity contribution in [3.8, 4) is 0 Å². The fourth-order valence-corrected chi connectivity index (χ4v) is 4.47. The van der Waals surface area contributed by atoms with Gasteiger partial charge in [-0.25, -0.2) is 0 Å². The first-order valence-electron chi connectivity index (χ1n) is 12.5. The topological polar surface area (TPSA) is 113 Å². The second kappa shape index (κ2) is 13.2. The minimum Gasteiger partial charge on any atom is -0.480 e. The fourth-order valence-electron chi connectivity index (χ4n) is 4.47. The maximum Gasteiger partial charge on any atom is 0.323 e. The lowest BCUT2D eigenvalue weighted by Crippen LogP contribution is -2.60. The summed E-state index contributed by atoms with van der Waals surface area (Å²) < 4.78 is 0. The highest BCUT2D eigenvalue weighted by Crippen LogP contribution is 2.24. The molecule has 202 valence electrons. The molecule has 35 heavy (non-hydrogen) atoms. The zero-order chi connectivity index (χ0) is 27.1. The summed E-state index contributed by atoms with van der Waals surface area (Å²) in [5.41, 5.74) is -0.489. The number of likely N-dealkylation sites (tertiary alicyclic amines) is 1. The largest absolute Gasteiger partial charge is 0.480 e. The minimum absolute atomic E-state index is 0.0441. The van der Waals surface area contributed by atoms with Crippen LogP contribution in [0.3, 0.4) is 0 Å². The first-order chi connectivity index (χ1) is 16.1. The molecule has 0 saturated carbocycles. The van der Waals surface area contributed by atoms with Crippen molar-refractivity contribution in [2.75, 3.05) is 54.4 Å². The zero-order valence-corrected chi connectivity index (χ0v) is 23.1. The minimum atomic E-state index is -1.07. The number of carboxylic acids is 1. The van der Waals surface area contributed by atoms with Crippen LogP contribution in [0.1, 0.15) is 53.9 Å². The summed E-state index contributed by atoms with van der Waals surface area (Å²) in [5, 5.41) is 12.0. The third-order valence-corrected chi connectivity index (χ3v) is 6.79. The Kier molecular flexibility index (Phi) is 11.6. The Morgan fingerprint density at radius 2 is 1.66 bits per heavy atom. The SMILES string of the molecule is CC(C)C(CN(C)CC(=O)N(C)CC(=O)O)N(C)C(=O)C(NC(=O)C1CCCCN1C)C(C)(C)C. The van der Waals surface area contributed by atoms with Crippen molar-refractivity contribution in [1.29, 1.82) is 0 Å². The number of piperidine rings is 1. The lowest BCUT2D eigenvalue weighted by Gasteiger charge is -2.40. The molecule has 1 heterocycles. The van der Waals surface area contributed by atoms with Gasteiger partial charge in [0.15, 0.2) is 0 Å². The first-order valence-corrected chi connectivity index (χ1v) is 12.5. The van der Waals surface area contributed by atoms with Gasteiger partial charge >= 0.3 is 5.97 Å². The molecule has 1 aliphatic rings. The Labute approximate surface area is 211 Å². The molecule has 0 aliphatic carbocycles. The molecule has 0 aromatic heterocycles. The van der Waals surface area contributed by atoms with Gasteiger partial charge in [0.1, 0.15) is 12.6 Å². The van der Waals surface area contributed by atoms with Crippen LogP contribution < -0.4 is 5.32 Å². The van der Waals surface area contributed by atoms with Crippen LogP contribution in [0.5, 0.6) is 0 Å². The van der Waals surface area contributed by atoms with Gasteiger partial charge in [0.2, 0.25) is 17.7 Å². The number of nitrogens with one attached hydrogen (secondary N) is 1. The number of carboxylic acid groups (broad SMARTS) is 1. The maximum absolute atomic E-state index is 13.7. The van der Waals surface area contributed by atoms with Crippen molar-refractivity contribution >= 4 is 23.7 Å². The van der Waals surface area contributed by atoms with E-state index in [0.29, 0.717) is 6.54 Å². The number of hydrogen-bond donors (Lipinski definition) is 2. The van der Waals surface area contributed by atoms with E-state index in [1.165, 1.54) is 11.9 Å². The molecule has 0 spiro atoms. The van der Waals surface area contributed by atoms with Crippen LogP contribution in [0.15, 0.2) is 0 Å². The summed E-state index contributed by atoms with van der Waals surface area (Å²) in [5.74, 6) is -1.55. The molecular weight excluding hydrogens is 450 g/mol. The summed E-state index contributed by atoms with van der Waals surface area (Å²) in [4.78, 5) is 56.8. The molecule has 0 aromatic carbocycles. The van der Waals surface area contributed by atoms with Gasteiger partial charge in [-0.2, -0.15) is 0 Å². The van der Waals surface area contributed by atoms with Gasteiger partial charge < -0.3 is 20.2 Å². The first kappa shape index (κ1) is 30.8. The maximum atomic E-state index is 13.7. The van der Waals surface area contributed by atoms with Crippen LogP contribution in [0, 0.1) is 11.3 Å². The fraction of sp³-hybridized carbons (Fsp3) is 0.840. The van der Waals surface area contributed by atoms with Crippen LogP contribution in [-0.4, -0.2) is 121 Å². The van der Waals surface area contributed by atoms with Gasteiger partial charge in [0.05, 0.1) is 12.6 Å². The summed E-state index contributed by atoms with van der Waals surface area (Å²) in [6.45, 7) is 10.9. The van der Waals surface area contributed by atoms with E-state index in [9.17, 15) is 19.2 Å². The molecule has 10 heteroatoms. The van der Waals surface area contributed by atoms with Gasteiger partial charge in [-0.3, -0.25) is 29.0 Å². The lowest BCUT2D eigenvalue weighted by atomic mass is 9.84. The molecule has 1 saturated heterocycles. The Hall–Kier alpha value is -2.20. The standard InChI is InChI=1S/C25H47N5O5/c1-17(2)19(14-27(6)15-20(31)29(8)16-21(32)33)30(9)24(35)22(25(3,4)5)26-23(34)18-12-10-11-13-28(18)7/h17-19,22H,10-16H2,1-9H3,(H,26,34)(H,32,33). The molecule has 1 rings (SSSR count). The van der Waals surface area contributed by atoms with Gasteiger partial charge in [-0.1, -0.05) is 41.0 Å². The number of carbonyl (C=O) groups excluding carboxylic acids is 3. The van der Waals surface area contributed by atoms with Crippen LogP contribution in [0.4, 0.5) is 0 Å². The predicted molar refractivity (Wildman–Crippen MR) is 136 cm³/mol. The number of aliphatic carboxylic acids is 1. The van der Waals surface area contributed by atoms with Crippen molar-refractivity contribution in [2.24, 2.45) is 11.3 Å². The smallest absolute Gasteiger partial charge is 0.323 e. The normalized spacial score (nSPS) is 18.8. The molecule has 1 aliphatic heterocycles. The number of carbonyl (C=O) groups is 4. The van der Waals surface area contributed by atoms with Crippen LogP contribution in [0.25, 0.3) is 0 Å². The second-order valence-electron chi connectivity index (χ2n) is 11.4. The molecule has 0 aromatic rings. The Morgan fingerprint density at radius 3 is 2.14 bits per heavy atom. The quantitative estimate of drug-likeness (QED) is 0.437. The van der Waals surface area contributed by atoms with Crippen LogP contribution in [-0.2, 0) is 19.2 Å². The summed E-state index contributed by atoms with van der Waals surface area (Å²) >= 11 is 0. The summed E-state index contributed by atoms with van der Waals surface area (Å²) in [6.07, 6.45) is 2.86. The number of amides is 3. The molecular formula is C25H47N5O5. The summed E-state index contributed by atoms with van der Waals surface area (Å²) in [6, 6.07) is -1.12. The summed E-state index contributed by atoms with van der Waals surface area (Å²) in [7, 11) is 6.93. The molecule has 1 fully saturated rings. The van der Waals surface area contributed by atoms with Crippen molar-refractivity contribution < 1.29 is 24.3 Å². The van der Waals surface area contributed by atoms with Gasteiger partial charge in [0.25, 0.3) is 0 Å². The van der Waals surface area contributed by atoms with Crippen molar-refractivity contribution in [3.05, 3.63) is 0 Å². The van der Waals surface area contributed by atoms with Crippen molar-refractivity contribution in [1.82, 2.24) is 24.9 Å². The Balaban J connectivity index is 2.95. The third kappa shape index (κ3) is 9.40. The number of rotatable bonds is 11. The van der Waals surface area contributed by atoms with E-state index >= 15 is 0 Å². The third-order valence-electron chi connectivity index (χ3n) is 6.79. The molecule has 0 bridgehead atoms. The monoisotopic (exact) mass is 497 g/mol.